The van der Waals surface area contributed by atoms with Gasteiger partial charge in [0.1, 0.15) is 30.2 Å². The van der Waals surface area contributed by atoms with Crippen LogP contribution in [0.5, 0.6) is 5.75 Å². The van der Waals surface area contributed by atoms with E-state index < -0.39 is 43.3 Å². The van der Waals surface area contributed by atoms with E-state index in [0.29, 0.717) is 12.2 Å². The van der Waals surface area contributed by atoms with Crippen LogP contribution in [-0.4, -0.2) is 68.8 Å². The summed E-state index contributed by atoms with van der Waals surface area (Å²) in [4.78, 5) is 11.1. The highest BCUT2D eigenvalue weighted by Crippen LogP contribution is 2.25. The van der Waals surface area contributed by atoms with Crippen molar-refractivity contribution < 1.29 is 39.8 Å². The Labute approximate surface area is 161 Å². The summed E-state index contributed by atoms with van der Waals surface area (Å²) in [6, 6.07) is 13.5. The van der Waals surface area contributed by atoms with E-state index >= 15 is 0 Å². The zero-order chi connectivity index (χ0) is 20.3. The molecule has 150 valence electrons. The predicted octanol–water partition coefficient (Wildman–Crippen LogP) is 0.154. The SMILES string of the molecule is O=C(O)c1cccc(Cc2cccc(O[C@@H]3O[C@H](CO)[C@@H](O)[C@H](O)[C@@H]3O)c2)c1. The first-order chi connectivity index (χ1) is 13.4. The van der Waals surface area contributed by atoms with Gasteiger partial charge in [0.2, 0.25) is 6.29 Å². The molecule has 0 radical (unpaired) electrons. The fourth-order valence-electron chi connectivity index (χ4n) is 3.08. The van der Waals surface area contributed by atoms with Gasteiger partial charge in [0.15, 0.2) is 0 Å². The summed E-state index contributed by atoms with van der Waals surface area (Å²) < 4.78 is 10.9. The van der Waals surface area contributed by atoms with Gasteiger partial charge in [-0.05, 0) is 41.8 Å². The summed E-state index contributed by atoms with van der Waals surface area (Å²) in [5.74, 6) is -0.641. The molecule has 0 saturated carbocycles. The number of benzene rings is 2. The van der Waals surface area contributed by atoms with E-state index in [0.717, 1.165) is 11.1 Å². The third-order valence-corrected chi connectivity index (χ3v) is 4.58. The number of aliphatic hydroxyl groups is 4. The van der Waals surface area contributed by atoms with Crippen molar-refractivity contribution in [2.24, 2.45) is 0 Å². The lowest BCUT2D eigenvalue weighted by Crippen LogP contribution is -2.60. The molecular weight excluding hydrogens is 368 g/mol. The van der Waals surface area contributed by atoms with E-state index in [9.17, 15) is 25.2 Å². The maximum Gasteiger partial charge on any atom is 0.335 e. The molecule has 3 rings (SSSR count). The van der Waals surface area contributed by atoms with Crippen LogP contribution in [0.15, 0.2) is 48.5 Å². The second-order valence-corrected chi connectivity index (χ2v) is 6.64. The topological polar surface area (TPSA) is 137 Å². The molecular formula is C20H22O8. The van der Waals surface area contributed by atoms with Crippen LogP contribution in [0.2, 0.25) is 0 Å². The lowest BCUT2D eigenvalue weighted by molar-refractivity contribution is -0.277. The Morgan fingerprint density at radius 1 is 0.964 bits per heavy atom. The van der Waals surface area contributed by atoms with Crippen molar-refractivity contribution in [1.82, 2.24) is 0 Å². The van der Waals surface area contributed by atoms with E-state index in [2.05, 4.69) is 0 Å². The van der Waals surface area contributed by atoms with Crippen molar-refractivity contribution >= 4 is 5.97 Å². The van der Waals surface area contributed by atoms with E-state index in [4.69, 9.17) is 14.6 Å². The van der Waals surface area contributed by atoms with E-state index in [1.165, 1.54) is 6.07 Å². The van der Waals surface area contributed by atoms with Crippen LogP contribution in [0.3, 0.4) is 0 Å². The van der Waals surface area contributed by atoms with Gasteiger partial charge < -0.3 is 35.0 Å². The molecule has 1 fully saturated rings. The Balaban J connectivity index is 1.73. The van der Waals surface area contributed by atoms with E-state index in [1.54, 1.807) is 30.3 Å². The zero-order valence-electron chi connectivity index (χ0n) is 14.9. The van der Waals surface area contributed by atoms with Crippen LogP contribution >= 0.6 is 0 Å². The van der Waals surface area contributed by atoms with E-state index in [-0.39, 0.29) is 5.56 Å². The van der Waals surface area contributed by atoms with Crippen LogP contribution in [0.4, 0.5) is 0 Å². The molecule has 1 saturated heterocycles. The monoisotopic (exact) mass is 390 g/mol. The number of hydrogen-bond acceptors (Lipinski definition) is 7. The first-order valence-electron chi connectivity index (χ1n) is 8.77. The lowest BCUT2D eigenvalue weighted by Gasteiger charge is -2.39. The van der Waals surface area contributed by atoms with Gasteiger partial charge in [-0.3, -0.25) is 0 Å². The van der Waals surface area contributed by atoms with Gasteiger partial charge in [-0.25, -0.2) is 4.79 Å². The third kappa shape index (κ3) is 4.49. The van der Waals surface area contributed by atoms with Crippen molar-refractivity contribution in [1.29, 1.82) is 0 Å². The minimum absolute atomic E-state index is 0.200. The number of rotatable bonds is 6. The summed E-state index contributed by atoms with van der Waals surface area (Å²) in [6.07, 6.45) is -6.31. The van der Waals surface area contributed by atoms with E-state index in [1.807, 2.05) is 12.1 Å². The van der Waals surface area contributed by atoms with Crippen molar-refractivity contribution in [3.63, 3.8) is 0 Å². The third-order valence-electron chi connectivity index (χ3n) is 4.58. The quantitative estimate of drug-likeness (QED) is 0.470. The molecule has 1 heterocycles. The van der Waals surface area contributed by atoms with Gasteiger partial charge in [-0.15, -0.1) is 0 Å². The Morgan fingerprint density at radius 3 is 2.32 bits per heavy atom. The highest BCUT2D eigenvalue weighted by molar-refractivity contribution is 5.87. The minimum atomic E-state index is -1.52. The molecule has 2 aromatic carbocycles. The van der Waals surface area contributed by atoms with Crippen molar-refractivity contribution in [3.8, 4) is 5.75 Å². The van der Waals surface area contributed by atoms with Gasteiger partial charge in [0.05, 0.1) is 12.2 Å². The van der Waals surface area contributed by atoms with Crippen LogP contribution in [0.25, 0.3) is 0 Å². The molecule has 1 aliphatic heterocycles. The largest absolute Gasteiger partial charge is 0.478 e. The van der Waals surface area contributed by atoms with Crippen LogP contribution in [-0.2, 0) is 11.2 Å². The summed E-state index contributed by atoms with van der Waals surface area (Å²) in [5, 5.41) is 48.1. The maximum atomic E-state index is 11.1. The normalized spacial score (nSPS) is 27.4. The molecule has 0 bridgehead atoms. The molecule has 0 aliphatic carbocycles. The van der Waals surface area contributed by atoms with Gasteiger partial charge >= 0.3 is 5.97 Å². The van der Waals surface area contributed by atoms with Crippen molar-refractivity contribution in [2.75, 3.05) is 6.61 Å². The second-order valence-electron chi connectivity index (χ2n) is 6.64. The standard InChI is InChI=1S/C20H22O8/c21-10-15-16(22)17(23)18(24)20(28-15)27-14-6-2-4-12(9-14)7-11-3-1-5-13(8-11)19(25)26/h1-6,8-9,15-18,20-24H,7,10H2,(H,25,26)/t15-,16-,17+,18+,20-/m1/s1. The number of carboxylic acids is 1. The molecule has 2 aromatic rings. The zero-order valence-corrected chi connectivity index (χ0v) is 14.9. The number of aliphatic hydroxyl groups excluding tert-OH is 4. The van der Waals surface area contributed by atoms with Crippen molar-refractivity contribution in [2.45, 2.75) is 37.1 Å². The average Bonchev–Trinajstić information content (AvgIpc) is 2.69. The Morgan fingerprint density at radius 2 is 1.64 bits per heavy atom. The summed E-state index contributed by atoms with van der Waals surface area (Å²) in [6.45, 7) is -0.537. The molecule has 5 N–H and O–H groups in total. The number of carboxylic acid groups (broad SMARTS) is 1. The molecule has 28 heavy (non-hydrogen) atoms. The molecule has 8 nitrogen and oxygen atoms in total. The fourth-order valence-corrected chi connectivity index (χ4v) is 3.08. The van der Waals surface area contributed by atoms with Gasteiger partial charge in [0, 0.05) is 0 Å². The lowest BCUT2D eigenvalue weighted by atomic mass is 9.99. The molecule has 5 atom stereocenters. The Bertz CT molecular complexity index is 821. The number of aromatic carboxylic acids is 1. The van der Waals surface area contributed by atoms with Crippen LogP contribution in [0, 0.1) is 0 Å². The van der Waals surface area contributed by atoms with Crippen LogP contribution in [0.1, 0.15) is 21.5 Å². The van der Waals surface area contributed by atoms with Crippen LogP contribution < -0.4 is 4.74 Å². The molecule has 8 heteroatoms. The highest BCUT2D eigenvalue weighted by Gasteiger charge is 2.44. The first kappa shape index (κ1) is 20.2. The molecule has 0 spiro atoms. The summed E-state index contributed by atoms with van der Waals surface area (Å²) in [5.41, 5.74) is 1.85. The Hall–Kier alpha value is -2.49. The molecule has 0 aromatic heterocycles. The van der Waals surface area contributed by atoms with Crippen molar-refractivity contribution in [3.05, 3.63) is 65.2 Å². The maximum absolute atomic E-state index is 11.1. The molecule has 0 unspecified atom stereocenters. The van der Waals surface area contributed by atoms with Gasteiger partial charge in [-0.2, -0.15) is 0 Å². The molecule has 1 aliphatic rings. The number of hydrogen-bond donors (Lipinski definition) is 5. The Kier molecular flexibility index (Phi) is 6.28. The smallest absolute Gasteiger partial charge is 0.335 e. The minimum Gasteiger partial charge on any atom is -0.478 e. The fraction of sp³-hybridized carbons (Fsp3) is 0.350. The predicted molar refractivity (Wildman–Crippen MR) is 97.0 cm³/mol. The first-order valence-corrected chi connectivity index (χ1v) is 8.77. The molecule has 0 amide bonds. The van der Waals surface area contributed by atoms with Gasteiger partial charge in [0.25, 0.3) is 0 Å². The average molecular weight is 390 g/mol. The highest BCUT2D eigenvalue weighted by atomic mass is 16.7. The number of ether oxygens (including phenoxy) is 2. The summed E-state index contributed by atoms with van der Waals surface area (Å²) >= 11 is 0. The second kappa shape index (κ2) is 8.68. The summed E-state index contributed by atoms with van der Waals surface area (Å²) in [7, 11) is 0. The number of carbonyl (C=O) groups is 1. The van der Waals surface area contributed by atoms with Gasteiger partial charge in [-0.1, -0.05) is 24.3 Å².